The molecular formula is C22H32ClN3O. The fourth-order valence-electron chi connectivity index (χ4n) is 5.04. The molecule has 0 atom stereocenters. The number of hydrogen-bond acceptors (Lipinski definition) is 3. The molecule has 27 heavy (non-hydrogen) atoms. The quantitative estimate of drug-likeness (QED) is 0.786. The minimum absolute atomic E-state index is 0.280. The molecule has 148 valence electrons. The van der Waals surface area contributed by atoms with Crippen LogP contribution in [0.15, 0.2) is 24.3 Å². The summed E-state index contributed by atoms with van der Waals surface area (Å²) in [6.45, 7) is 7.49. The molecule has 3 fully saturated rings. The van der Waals surface area contributed by atoms with Gasteiger partial charge in [-0.25, -0.2) is 0 Å². The Morgan fingerprint density at radius 3 is 2.33 bits per heavy atom. The van der Waals surface area contributed by atoms with Crippen LogP contribution in [0.25, 0.3) is 0 Å². The van der Waals surface area contributed by atoms with Crippen LogP contribution in [-0.2, 0) is 11.3 Å². The molecule has 0 aromatic heterocycles. The summed E-state index contributed by atoms with van der Waals surface area (Å²) in [5.74, 6) is 0.714. The van der Waals surface area contributed by atoms with Gasteiger partial charge >= 0.3 is 0 Å². The number of amides is 1. The molecule has 0 radical (unpaired) electrons. The van der Waals surface area contributed by atoms with Gasteiger partial charge in [0.1, 0.15) is 0 Å². The zero-order chi connectivity index (χ0) is 18.6. The van der Waals surface area contributed by atoms with Crippen LogP contribution in [0.1, 0.15) is 44.1 Å². The molecule has 4 rings (SSSR count). The van der Waals surface area contributed by atoms with E-state index in [1.165, 1.54) is 31.2 Å². The number of benzene rings is 1. The van der Waals surface area contributed by atoms with E-state index >= 15 is 0 Å². The van der Waals surface area contributed by atoms with E-state index in [1.807, 2.05) is 12.1 Å². The molecule has 0 aliphatic carbocycles. The normalized spacial score (nSPS) is 23.8. The summed E-state index contributed by atoms with van der Waals surface area (Å²) >= 11 is 6.11. The lowest BCUT2D eigenvalue weighted by Gasteiger charge is -2.42. The fraction of sp³-hybridized carbons (Fsp3) is 0.682. The monoisotopic (exact) mass is 389 g/mol. The Balaban J connectivity index is 1.21. The minimum atomic E-state index is 0.280. The first-order valence-corrected chi connectivity index (χ1v) is 11.1. The number of halogens is 1. The SMILES string of the molecule is O=C(C1CCN(C2CCN(Cc3cccc(Cl)c3)CC2)CC1)N1CCCC1. The van der Waals surface area contributed by atoms with Gasteiger partial charge in [0.05, 0.1) is 0 Å². The van der Waals surface area contributed by atoms with E-state index < -0.39 is 0 Å². The van der Waals surface area contributed by atoms with Gasteiger partial charge < -0.3 is 9.80 Å². The maximum absolute atomic E-state index is 12.6. The summed E-state index contributed by atoms with van der Waals surface area (Å²) in [6, 6.07) is 8.92. The maximum atomic E-state index is 12.6. The van der Waals surface area contributed by atoms with Crippen molar-refractivity contribution >= 4 is 17.5 Å². The number of carbonyl (C=O) groups is 1. The smallest absolute Gasteiger partial charge is 0.225 e. The standard InChI is InChI=1S/C22H32ClN3O/c23-20-5-3-4-18(16-20)17-24-12-8-21(9-13-24)25-14-6-19(7-15-25)22(27)26-10-1-2-11-26/h3-5,16,19,21H,1-2,6-15,17H2. The Bertz CT molecular complexity index is 630. The van der Waals surface area contributed by atoms with Crippen molar-refractivity contribution in [1.82, 2.24) is 14.7 Å². The summed E-state index contributed by atoms with van der Waals surface area (Å²) in [7, 11) is 0. The van der Waals surface area contributed by atoms with Crippen LogP contribution in [0.5, 0.6) is 0 Å². The van der Waals surface area contributed by atoms with Crippen LogP contribution in [0, 0.1) is 5.92 Å². The zero-order valence-electron chi connectivity index (χ0n) is 16.3. The molecule has 5 heteroatoms. The van der Waals surface area contributed by atoms with E-state index in [0.717, 1.165) is 63.7 Å². The Kier molecular flexibility index (Phi) is 6.36. The molecule has 4 nitrogen and oxygen atoms in total. The van der Waals surface area contributed by atoms with Crippen molar-refractivity contribution in [3.8, 4) is 0 Å². The average Bonchev–Trinajstić information content (AvgIpc) is 3.23. The van der Waals surface area contributed by atoms with Gasteiger partial charge in [-0.05, 0) is 82.4 Å². The molecule has 3 aliphatic rings. The molecule has 0 unspecified atom stereocenters. The molecule has 3 heterocycles. The number of carbonyl (C=O) groups excluding carboxylic acids is 1. The van der Waals surface area contributed by atoms with Gasteiger partial charge in [0, 0.05) is 36.6 Å². The Labute approximate surface area is 168 Å². The van der Waals surface area contributed by atoms with E-state index in [9.17, 15) is 4.79 Å². The summed E-state index contributed by atoms with van der Waals surface area (Å²) in [4.78, 5) is 19.9. The van der Waals surface area contributed by atoms with Crippen LogP contribution in [0.4, 0.5) is 0 Å². The van der Waals surface area contributed by atoms with Gasteiger partial charge in [-0.1, -0.05) is 23.7 Å². The lowest BCUT2D eigenvalue weighted by molar-refractivity contribution is -0.136. The van der Waals surface area contributed by atoms with E-state index in [1.54, 1.807) is 0 Å². The number of likely N-dealkylation sites (tertiary alicyclic amines) is 3. The van der Waals surface area contributed by atoms with Crippen LogP contribution >= 0.6 is 11.6 Å². The van der Waals surface area contributed by atoms with E-state index in [-0.39, 0.29) is 5.92 Å². The second kappa shape index (κ2) is 8.93. The molecule has 0 bridgehead atoms. The number of piperidine rings is 2. The highest BCUT2D eigenvalue weighted by Gasteiger charge is 2.33. The number of hydrogen-bond donors (Lipinski definition) is 0. The molecule has 0 spiro atoms. The van der Waals surface area contributed by atoms with Gasteiger partial charge in [-0.15, -0.1) is 0 Å². The van der Waals surface area contributed by atoms with Gasteiger partial charge in [0.15, 0.2) is 0 Å². The highest BCUT2D eigenvalue weighted by Crippen LogP contribution is 2.27. The predicted octanol–water partition coefficient (Wildman–Crippen LogP) is 3.64. The summed E-state index contributed by atoms with van der Waals surface area (Å²) in [6.07, 6.45) is 6.98. The lowest BCUT2D eigenvalue weighted by Crippen LogP contribution is -2.49. The Hall–Kier alpha value is -1.10. The molecule has 1 aromatic rings. The zero-order valence-corrected chi connectivity index (χ0v) is 17.0. The molecule has 0 N–H and O–H groups in total. The average molecular weight is 390 g/mol. The largest absolute Gasteiger partial charge is 0.342 e. The summed E-state index contributed by atoms with van der Waals surface area (Å²) in [5, 5.41) is 0.828. The first-order chi connectivity index (χ1) is 13.2. The third-order valence-corrected chi connectivity index (χ3v) is 6.90. The Morgan fingerprint density at radius 1 is 0.963 bits per heavy atom. The number of rotatable bonds is 4. The molecule has 1 aromatic carbocycles. The lowest BCUT2D eigenvalue weighted by atomic mass is 9.92. The number of nitrogens with zero attached hydrogens (tertiary/aromatic N) is 3. The van der Waals surface area contributed by atoms with Crippen LogP contribution in [0.3, 0.4) is 0 Å². The second-order valence-corrected chi connectivity index (χ2v) is 8.92. The van der Waals surface area contributed by atoms with Crippen LogP contribution in [0.2, 0.25) is 5.02 Å². The van der Waals surface area contributed by atoms with Crippen molar-refractivity contribution in [3.63, 3.8) is 0 Å². The highest BCUT2D eigenvalue weighted by atomic mass is 35.5. The first-order valence-electron chi connectivity index (χ1n) is 10.7. The van der Waals surface area contributed by atoms with Crippen LogP contribution in [-0.4, -0.2) is 65.9 Å². The van der Waals surface area contributed by atoms with E-state index in [0.29, 0.717) is 11.9 Å². The van der Waals surface area contributed by atoms with Crippen molar-refractivity contribution in [3.05, 3.63) is 34.9 Å². The van der Waals surface area contributed by atoms with Gasteiger partial charge in [0.2, 0.25) is 5.91 Å². The molecular weight excluding hydrogens is 358 g/mol. The highest BCUT2D eigenvalue weighted by molar-refractivity contribution is 6.30. The third kappa shape index (κ3) is 4.85. The topological polar surface area (TPSA) is 26.8 Å². The second-order valence-electron chi connectivity index (χ2n) is 8.48. The summed E-state index contributed by atoms with van der Waals surface area (Å²) in [5.41, 5.74) is 1.31. The van der Waals surface area contributed by atoms with Gasteiger partial charge in [0.25, 0.3) is 0 Å². The van der Waals surface area contributed by atoms with Crippen molar-refractivity contribution in [2.75, 3.05) is 39.3 Å². The fourth-order valence-corrected chi connectivity index (χ4v) is 5.26. The molecule has 1 amide bonds. The van der Waals surface area contributed by atoms with E-state index in [4.69, 9.17) is 11.6 Å². The molecule has 3 saturated heterocycles. The predicted molar refractivity (Wildman–Crippen MR) is 110 cm³/mol. The third-order valence-electron chi connectivity index (χ3n) is 6.67. The minimum Gasteiger partial charge on any atom is -0.342 e. The summed E-state index contributed by atoms with van der Waals surface area (Å²) < 4.78 is 0. The van der Waals surface area contributed by atoms with Gasteiger partial charge in [-0.2, -0.15) is 0 Å². The van der Waals surface area contributed by atoms with Crippen molar-refractivity contribution in [2.24, 2.45) is 5.92 Å². The van der Waals surface area contributed by atoms with E-state index in [2.05, 4.69) is 26.8 Å². The Morgan fingerprint density at radius 2 is 1.67 bits per heavy atom. The first kappa shape index (κ1) is 19.2. The molecule has 0 saturated carbocycles. The maximum Gasteiger partial charge on any atom is 0.225 e. The van der Waals surface area contributed by atoms with Crippen molar-refractivity contribution in [2.45, 2.75) is 51.1 Å². The van der Waals surface area contributed by atoms with Gasteiger partial charge in [-0.3, -0.25) is 9.69 Å². The van der Waals surface area contributed by atoms with Crippen molar-refractivity contribution < 1.29 is 4.79 Å². The van der Waals surface area contributed by atoms with Crippen LogP contribution < -0.4 is 0 Å². The van der Waals surface area contributed by atoms with Crippen molar-refractivity contribution in [1.29, 1.82) is 0 Å². The molecule has 3 aliphatic heterocycles.